The smallest absolute Gasteiger partial charge is 0.277 e. The summed E-state index contributed by atoms with van der Waals surface area (Å²) in [5.74, 6) is -5.31. The summed E-state index contributed by atoms with van der Waals surface area (Å²) < 4.78 is 41.5. The summed E-state index contributed by atoms with van der Waals surface area (Å²) >= 11 is 0. The fourth-order valence-electron chi connectivity index (χ4n) is 2.28. The van der Waals surface area contributed by atoms with Gasteiger partial charge in [-0.05, 0) is 37.3 Å². The average molecular weight is 361 g/mol. The standard InChI is InChI=1S/C17H15BF3N3O2/c1-8-4-11(18)16(22-6-8)23-15-10(5-12(19)13(20)14(15)21)17(25)24-26-7-9-2-3-9/h4-6,9H,2-3,7H2,1H3,(H,22,23)(H,24,25). The van der Waals surface area contributed by atoms with E-state index in [4.69, 9.17) is 12.7 Å². The van der Waals surface area contributed by atoms with Gasteiger partial charge in [0.05, 0.1) is 17.9 Å². The molecule has 1 aliphatic rings. The van der Waals surface area contributed by atoms with Crippen LogP contribution in [0.3, 0.4) is 0 Å². The molecule has 3 rings (SSSR count). The lowest BCUT2D eigenvalue weighted by Gasteiger charge is -2.15. The van der Waals surface area contributed by atoms with Crippen molar-refractivity contribution in [3.05, 3.63) is 46.9 Å². The maximum atomic E-state index is 14.3. The summed E-state index contributed by atoms with van der Waals surface area (Å²) in [4.78, 5) is 21.2. The van der Waals surface area contributed by atoms with Crippen molar-refractivity contribution < 1.29 is 22.8 Å². The van der Waals surface area contributed by atoms with Gasteiger partial charge in [0.25, 0.3) is 5.91 Å². The number of pyridine rings is 1. The van der Waals surface area contributed by atoms with Gasteiger partial charge in [-0.2, -0.15) is 0 Å². The molecule has 26 heavy (non-hydrogen) atoms. The number of anilines is 2. The minimum Gasteiger partial charge on any atom is -0.338 e. The van der Waals surface area contributed by atoms with Crippen LogP contribution >= 0.6 is 0 Å². The van der Waals surface area contributed by atoms with Crippen LogP contribution in [0.2, 0.25) is 0 Å². The highest BCUT2D eigenvalue weighted by molar-refractivity contribution is 6.35. The van der Waals surface area contributed by atoms with E-state index in [1.165, 1.54) is 6.20 Å². The number of carbonyl (C=O) groups is 1. The molecule has 2 aromatic rings. The lowest BCUT2D eigenvalue weighted by atomic mass is 9.95. The van der Waals surface area contributed by atoms with Gasteiger partial charge in [0.2, 0.25) is 0 Å². The zero-order chi connectivity index (χ0) is 18.8. The Morgan fingerprint density at radius 1 is 1.31 bits per heavy atom. The highest BCUT2D eigenvalue weighted by Gasteiger charge is 2.25. The van der Waals surface area contributed by atoms with Crippen LogP contribution in [0.25, 0.3) is 0 Å². The second kappa shape index (κ2) is 7.37. The number of amides is 1. The van der Waals surface area contributed by atoms with E-state index < -0.39 is 34.6 Å². The van der Waals surface area contributed by atoms with E-state index in [0.717, 1.165) is 18.4 Å². The van der Waals surface area contributed by atoms with Gasteiger partial charge in [-0.15, -0.1) is 0 Å². The number of hydroxylamine groups is 1. The fourth-order valence-corrected chi connectivity index (χ4v) is 2.28. The van der Waals surface area contributed by atoms with E-state index in [2.05, 4.69) is 15.8 Å². The molecule has 134 valence electrons. The Labute approximate surface area is 149 Å². The molecule has 2 N–H and O–H groups in total. The number of rotatable bonds is 6. The van der Waals surface area contributed by atoms with E-state index in [9.17, 15) is 18.0 Å². The first kappa shape index (κ1) is 18.3. The highest BCUT2D eigenvalue weighted by Crippen LogP contribution is 2.29. The minimum atomic E-state index is -1.71. The molecule has 1 heterocycles. The highest BCUT2D eigenvalue weighted by atomic mass is 19.2. The third-order valence-corrected chi connectivity index (χ3v) is 3.89. The Kier molecular flexibility index (Phi) is 5.17. The quantitative estimate of drug-likeness (QED) is 0.471. The normalized spacial score (nSPS) is 13.5. The Hall–Kier alpha value is -2.55. The molecule has 5 nitrogen and oxygen atoms in total. The molecule has 1 aromatic heterocycles. The lowest BCUT2D eigenvalue weighted by molar-refractivity contribution is 0.0270. The maximum absolute atomic E-state index is 14.3. The second-order valence-electron chi connectivity index (χ2n) is 6.17. The number of halogens is 3. The molecule has 0 atom stereocenters. The molecule has 1 fully saturated rings. The predicted octanol–water partition coefficient (Wildman–Crippen LogP) is 2.42. The maximum Gasteiger partial charge on any atom is 0.277 e. The number of hydrogen-bond donors (Lipinski definition) is 2. The van der Waals surface area contributed by atoms with Crippen molar-refractivity contribution in [1.29, 1.82) is 0 Å². The molecule has 0 spiro atoms. The summed E-state index contributed by atoms with van der Waals surface area (Å²) in [6, 6.07) is 2.15. The van der Waals surface area contributed by atoms with Gasteiger partial charge in [0, 0.05) is 6.20 Å². The number of nitrogens with zero attached hydrogens (tertiary/aromatic N) is 1. The number of aromatic nitrogens is 1. The van der Waals surface area contributed by atoms with Crippen LogP contribution in [0.5, 0.6) is 0 Å². The summed E-state index contributed by atoms with van der Waals surface area (Å²) in [6.45, 7) is 2.05. The molecule has 0 saturated heterocycles. The van der Waals surface area contributed by atoms with Crippen molar-refractivity contribution in [2.24, 2.45) is 5.92 Å². The zero-order valence-electron chi connectivity index (χ0n) is 13.9. The Morgan fingerprint density at radius 2 is 2.04 bits per heavy atom. The first-order valence-electron chi connectivity index (χ1n) is 7.95. The van der Waals surface area contributed by atoms with E-state index in [0.29, 0.717) is 18.6 Å². The predicted molar refractivity (Wildman–Crippen MR) is 90.1 cm³/mol. The third-order valence-electron chi connectivity index (χ3n) is 3.89. The summed E-state index contributed by atoms with van der Waals surface area (Å²) in [5, 5.41) is 2.46. The number of benzene rings is 1. The van der Waals surface area contributed by atoms with Gasteiger partial charge < -0.3 is 5.32 Å². The van der Waals surface area contributed by atoms with Crippen molar-refractivity contribution >= 4 is 30.7 Å². The van der Waals surface area contributed by atoms with Crippen molar-refractivity contribution in [2.45, 2.75) is 19.8 Å². The van der Waals surface area contributed by atoms with Gasteiger partial charge in [-0.1, -0.05) is 11.5 Å². The van der Waals surface area contributed by atoms with Crippen LogP contribution in [0.4, 0.5) is 24.7 Å². The van der Waals surface area contributed by atoms with Gasteiger partial charge in [-0.3, -0.25) is 9.63 Å². The number of hydrogen-bond acceptors (Lipinski definition) is 4. The molecule has 2 radical (unpaired) electrons. The van der Waals surface area contributed by atoms with Gasteiger partial charge >= 0.3 is 0 Å². The van der Waals surface area contributed by atoms with Gasteiger partial charge in [0.1, 0.15) is 13.7 Å². The molecular weight excluding hydrogens is 346 g/mol. The topological polar surface area (TPSA) is 63.2 Å². The van der Waals surface area contributed by atoms with E-state index in [1.807, 2.05) is 0 Å². The summed E-state index contributed by atoms with van der Waals surface area (Å²) in [7, 11) is 5.79. The third kappa shape index (κ3) is 3.99. The van der Waals surface area contributed by atoms with Crippen molar-refractivity contribution in [1.82, 2.24) is 10.5 Å². The minimum absolute atomic E-state index is 0.00783. The molecule has 1 amide bonds. The molecule has 1 saturated carbocycles. The van der Waals surface area contributed by atoms with Crippen LogP contribution in [-0.2, 0) is 4.84 Å². The second-order valence-corrected chi connectivity index (χ2v) is 6.17. The summed E-state index contributed by atoms with van der Waals surface area (Å²) in [6.07, 6.45) is 3.46. The van der Waals surface area contributed by atoms with Crippen molar-refractivity contribution in [3.63, 3.8) is 0 Å². The number of carbonyl (C=O) groups excluding carboxylic acids is 1. The van der Waals surface area contributed by atoms with Gasteiger partial charge in [0.15, 0.2) is 17.5 Å². The van der Waals surface area contributed by atoms with E-state index in [-0.39, 0.29) is 11.3 Å². The zero-order valence-corrected chi connectivity index (χ0v) is 13.9. The largest absolute Gasteiger partial charge is 0.338 e. The van der Waals surface area contributed by atoms with Crippen LogP contribution < -0.4 is 16.3 Å². The van der Waals surface area contributed by atoms with Crippen LogP contribution in [0.15, 0.2) is 18.3 Å². The molecule has 0 aliphatic heterocycles. The fraction of sp³-hybridized carbons (Fsp3) is 0.294. The lowest BCUT2D eigenvalue weighted by Crippen LogP contribution is -2.26. The molecule has 0 unspecified atom stereocenters. The first-order chi connectivity index (χ1) is 12.4. The number of nitrogens with one attached hydrogen (secondary N) is 2. The molecular formula is C17H15BF3N3O2. The molecule has 9 heteroatoms. The molecule has 0 bridgehead atoms. The molecule has 1 aliphatic carbocycles. The SMILES string of the molecule is [B]c1cc(C)cnc1Nc1c(C(=O)NOCC2CC2)cc(F)c(F)c1F. The monoisotopic (exact) mass is 361 g/mol. The van der Waals surface area contributed by atoms with E-state index >= 15 is 0 Å². The Morgan fingerprint density at radius 3 is 2.69 bits per heavy atom. The van der Waals surface area contributed by atoms with E-state index in [1.54, 1.807) is 13.0 Å². The van der Waals surface area contributed by atoms with Crippen LogP contribution in [-0.4, -0.2) is 25.3 Å². The number of aryl methyl sites for hydroxylation is 1. The molecule has 1 aromatic carbocycles. The van der Waals surface area contributed by atoms with Crippen molar-refractivity contribution in [2.75, 3.05) is 11.9 Å². The summed E-state index contributed by atoms with van der Waals surface area (Å²) in [5.41, 5.74) is 1.96. The van der Waals surface area contributed by atoms with Crippen LogP contribution in [0.1, 0.15) is 28.8 Å². The van der Waals surface area contributed by atoms with Gasteiger partial charge in [-0.25, -0.2) is 23.6 Å². The van der Waals surface area contributed by atoms with Crippen molar-refractivity contribution in [3.8, 4) is 0 Å². The average Bonchev–Trinajstić information content (AvgIpc) is 3.41. The first-order valence-corrected chi connectivity index (χ1v) is 7.95. The Balaban J connectivity index is 1.90. The Bertz CT molecular complexity index is 860. The van der Waals surface area contributed by atoms with Crippen LogP contribution in [0, 0.1) is 30.3 Å².